The lowest BCUT2D eigenvalue weighted by Gasteiger charge is -2.40. The van der Waals surface area contributed by atoms with Crippen LogP contribution in [-0.2, 0) is 9.53 Å². The highest BCUT2D eigenvalue weighted by Gasteiger charge is 2.36. The number of likely N-dealkylation sites (tertiary alicyclic amines) is 1. The lowest BCUT2D eigenvalue weighted by molar-refractivity contribution is -0.127. The predicted octanol–water partition coefficient (Wildman–Crippen LogP) is 4.64. The van der Waals surface area contributed by atoms with Crippen LogP contribution < -0.4 is 10.2 Å². The van der Waals surface area contributed by atoms with Gasteiger partial charge in [-0.3, -0.25) is 9.79 Å². The Kier molecular flexibility index (Phi) is 9.06. The maximum Gasteiger partial charge on any atom is 0.222 e. The molecule has 3 aliphatic rings. The van der Waals surface area contributed by atoms with Gasteiger partial charge in [0.2, 0.25) is 5.91 Å². The first-order chi connectivity index (χ1) is 15.4. The third kappa shape index (κ3) is 6.02. The van der Waals surface area contributed by atoms with E-state index in [4.69, 9.17) is 4.74 Å². The van der Waals surface area contributed by atoms with Gasteiger partial charge in [0.15, 0.2) is 5.96 Å². The van der Waals surface area contributed by atoms with Crippen LogP contribution in [0.1, 0.15) is 64.4 Å². The Hall–Kier alpha value is -1.35. The van der Waals surface area contributed by atoms with E-state index < -0.39 is 0 Å². The zero-order chi connectivity index (χ0) is 22.7. The standard InChI is InChI=1S/C26H40N4O2.HI/c1-26(2,3)24-19(9-8-16-32-24)17-28-25(27-4)30-18-20(21-10-5-6-11-22(21)30)13-15-29-14-7-12-23(29)31;/h5-6,10-11,19-20,24H,7-9,12-18H2,1-4H3,(H,27,28);1H. The number of nitrogens with zero attached hydrogens (tertiary/aromatic N) is 3. The maximum atomic E-state index is 12.1. The summed E-state index contributed by atoms with van der Waals surface area (Å²) in [6.07, 6.45) is 5.29. The van der Waals surface area contributed by atoms with Gasteiger partial charge in [0.25, 0.3) is 0 Å². The number of carbonyl (C=O) groups is 1. The van der Waals surface area contributed by atoms with E-state index in [2.05, 4.69) is 60.2 Å². The molecule has 1 N–H and O–H groups in total. The van der Waals surface area contributed by atoms with E-state index in [0.29, 0.717) is 24.2 Å². The molecule has 0 aliphatic carbocycles. The van der Waals surface area contributed by atoms with Crippen molar-refractivity contribution < 1.29 is 9.53 Å². The second-order valence-corrected chi connectivity index (χ2v) is 10.6. The van der Waals surface area contributed by atoms with Gasteiger partial charge in [-0.25, -0.2) is 0 Å². The first kappa shape index (κ1) is 26.3. The summed E-state index contributed by atoms with van der Waals surface area (Å²) in [4.78, 5) is 21.1. The molecule has 33 heavy (non-hydrogen) atoms. The van der Waals surface area contributed by atoms with Crippen LogP contribution in [0, 0.1) is 11.3 Å². The Labute approximate surface area is 216 Å². The number of guanidine groups is 1. The molecule has 1 amide bonds. The fourth-order valence-corrected chi connectivity index (χ4v) is 5.72. The third-order valence-corrected chi connectivity index (χ3v) is 7.28. The molecule has 4 rings (SSSR count). The van der Waals surface area contributed by atoms with Gasteiger partial charge >= 0.3 is 0 Å². The Balaban J connectivity index is 0.00000306. The van der Waals surface area contributed by atoms with Gasteiger partial charge in [-0.2, -0.15) is 0 Å². The molecule has 0 bridgehead atoms. The van der Waals surface area contributed by atoms with E-state index in [1.807, 2.05) is 11.9 Å². The highest BCUT2D eigenvalue weighted by molar-refractivity contribution is 14.0. The van der Waals surface area contributed by atoms with Crippen LogP contribution in [-0.4, -0.2) is 62.7 Å². The average Bonchev–Trinajstić information content (AvgIpc) is 3.36. The van der Waals surface area contributed by atoms with E-state index in [0.717, 1.165) is 58.0 Å². The Bertz CT molecular complexity index is 838. The molecule has 0 aromatic heterocycles. The van der Waals surface area contributed by atoms with E-state index >= 15 is 0 Å². The number of fused-ring (bicyclic) bond motifs is 1. The molecular weight excluding hydrogens is 527 g/mol. The lowest BCUT2D eigenvalue weighted by Crippen LogP contribution is -2.48. The summed E-state index contributed by atoms with van der Waals surface area (Å²) in [5.41, 5.74) is 2.75. The summed E-state index contributed by atoms with van der Waals surface area (Å²) < 4.78 is 6.18. The highest BCUT2D eigenvalue weighted by Crippen LogP contribution is 2.38. The molecule has 3 heterocycles. The predicted molar refractivity (Wildman–Crippen MR) is 146 cm³/mol. The smallest absolute Gasteiger partial charge is 0.222 e. The number of para-hydroxylation sites is 1. The number of hydrogen-bond donors (Lipinski definition) is 1. The topological polar surface area (TPSA) is 57.2 Å². The molecule has 2 fully saturated rings. The summed E-state index contributed by atoms with van der Waals surface area (Å²) in [6, 6.07) is 8.67. The summed E-state index contributed by atoms with van der Waals surface area (Å²) >= 11 is 0. The summed E-state index contributed by atoms with van der Waals surface area (Å²) in [5, 5.41) is 3.68. The Morgan fingerprint density at radius 3 is 2.73 bits per heavy atom. The van der Waals surface area contributed by atoms with Crippen LogP contribution in [0.25, 0.3) is 0 Å². The molecule has 0 radical (unpaired) electrons. The maximum absolute atomic E-state index is 12.1. The second kappa shape index (κ2) is 11.4. The fourth-order valence-electron chi connectivity index (χ4n) is 5.72. The van der Waals surface area contributed by atoms with Crippen LogP contribution in [0.3, 0.4) is 0 Å². The minimum absolute atomic E-state index is 0. The number of hydrogen-bond acceptors (Lipinski definition) is 3. The van der Waals surface area contributed by atoms with Crippen molar-refractivity contribution in [2.24, 2.45) is 16.3 Å². The van der Waals surface area contributed by atoms with Crippen molar-refractivity contribution in [1.29, 1.82) is 0 Å². The molecule has 3 atom stereocenters. The average molecular weight is 569 g/mol. The fraction of sp³-hybridized carbons (Fsp3) is 0.692. The number of nitrogens with one attached hydrogen (secondary N) is 1. The number of carbonyl (C=O) groups excluding carboxylic acids is 1. The molecule has 0 spiro atoms. The van der Waals surface area contributed by atoms with Crippen molar-refractivity contribution in [3.8, 4) is 0 Å². The first-order valence-corrected chi connectivity index (χ1v) is 12.3. The normalized spacial score (nSPS) is 25.8. The Morgan fingerprint density at radius 1 is 1.24 bits per heavy atom. The van der Waals surface area contributed by atoms with Crippen molar-refractivity contribution in [2.75, 3.05) is 44.7 Å². The Morgan fingerprint density at radius 2 is 2.03 bits per heavy atom. The molecule has 1 aromatic rings. The van der Waals surface area contributed by atoms with Crippen LogP contribution in [0.5, 0.6) is 0 Å². The van der Waals surface area contributed by atoms with Gasteiger partial charge in [-0.15, -0.1) is 24.0 Å². The number of rotatable bonds is 5. The molecule has 2 saturated heterocycles. The number of benzene rings is 1. The molecule has 0 saturated carbocycles. The van der Waals surface area contributed by atoms with Gasteiger partial charge < -0.3 is 19.9 Å². The van der Waals surface area contributed by atoms with E-state index in [1.54, 1.807) is 0 Å². The second-order valence-electron chi connectivity index (χ2n) is 10.6. The minimum atomic E-state index is 0. The van der Waals surface area contributed by atoms with E-state index in [1.165, 1.54) is 17.7 Å². The van der Waals surface area contributed by atoms with Crippen molar-refractivity contribution >= 4 is 41.5 Å². The van der Waals surface area contributed by atoms with Gasteiger partial charge in [-0.05, 0) is 42.7 Å². The number of ether oxygens (including phenoxy) is 1. The van der Waals surface area contributed by atoms with E-state index in [9.17, 15) is 4.79 Å². The quantitative estimate of drug-likeness (QED) is 0.320. The molecule has 6 nitrogen and oxygen atoms in total. The van der Waals surface area contributed by atoms with Crippen LogP contribution in [0.15, 0.2) is 29.3 Å². The molecule has 3 aliphatic heterocycles. The third-order valence-electron chi connectivity index (χ3n) is 7.28. The largest absolute Gasteiger partial charge is 0.377 e. The van der Waals surface area contributed by atoms with Crippen LogP contribution in [0.2, 0.25) is 0 Å². The number of amides is 1. The summed E-state index contributed by atoms with van der Waals surface area (Å²) in [6.45, 7) is 11.2. The zero-order valence-electron chi connectivity index (χ0n) is 20.7. The highest BCUT2D eigenvalue weighted by atomic mass is 127. The van der Waals surface area contributed by atoms with Gasteiger partial charge in [0.05, 0.1) is 6.10 Å². The number of halogens is 1. The number of aliphatic imine (C=N–C) groups is 1. The molecule has 184 valence electrons. The van der Waals surface area contributed by atoms with Crippen molar-refractivity contribution in [3.63, 3.8) is 0 Å². The summed E-state index contributed by atoms with van der Waals surface area (Å²) in [5.74, 6) is 2.15. The van der Waals surface area contributed by atoms with Crippen LogP contribution >= 0.6 is 24.0 Å². The molecular formula is C26H41IN4O2. The monoisotopic (exact) mass is 568 g/mol. The SMILES string of the molecule is CN=C(NCC1CCCOC1C(C)(C)C)N1CC(CCN2CCCC2=O)c2ccccc21.I. The van der Waals surface area contributed by atoms with Crippen molar-refractivity contribution in [1.82, 2.24) is 10.2 Å². The van der Waals surface area contributed by atoms with Crippen LogP contribution in [0.4, 0.5) is 5.69 Å². The first-order valence-electron chi connectivity index (χ1n) is 12.3. The number of anilines is 1. The van der Waals surface area contributed by atoms with Gasteiger partial charge in [0.1, 0.15) is 0 Å². The zero-order valence-corrected chi connectivity index (χ0v) is 23.0. The van der Waals surface area contributed by atoms with E-state index in [-0.39, 0.29) is 35.5 Å². The lowest BCUT2D eigenvalue weighted by atomic mass is 9.78. The van der Waals surface area contributed by atoms with Gasteiger partial charge in [-0.1, -0.05) is 39.0 Å². The molecule has 7 heteroatoms. The van der Waals surface area contributed by atoms with Gasteiger partial charge in [0, 0.05) is 63.8 Å². The molecule has 3 unspecified atom stereocenters. The molecule has 1 aromatic carbocycles. The minimum Gasteiger partial charge on any atom is -0.377 e. The van der Waals surface area contributed by atoms with Crippen molar-refractivity contribution in [2.45, 2.75) is 64.9 Å². The summed E-state index contributed by atoms with van der Waals surface area (Å²) in [7, 11) is 1.87. The van der Waals surface area contributed by atoms with Crippen molar-refractivity contribution in [3.05, 3.63) is 29.8 Å².